The molecular formula is C23H31FN2O2Si. The van der Waals surface area contributed by atoms with Gasteiger partial charge in [-0.1, -0.05) is 62.1 Å². The van der Waals surface area contributed by atoms with Crippen molar-refractivity contribution < 1.29 is 13.9 Å². The third-order valence-electron chi connectivity index (χ3n) is 5.31. The van der Waals surface area contributed by atoms with Gasteiger partial charge in [0.25, 0.3) is 0 Å². The first kappa shape index (κ1) is 21.5. The van der Waals surface area contributed by atoms with Crippen LogP contribution in [0.2, 0.25) is 25.7 Å². The van der Waals surface area contributed by atoms with Crippen molar-refractivity contribution in [3.63, 3.8) is 0 Å². The zero-order chi connectivity index (χ0) is 20.9. The zero-order valence-corrected chi connectivity index (χ0v) is 18.5. The molecule has 1 saturated heterocycles. The Morgan fingerprint density at radius 3 is 2.59 bits per heavy atom. The van der Waals surface area contributed by atoms with Crippen LogP contribution >= 0.6 is 0 Å². The number of alkyl carbamates (subject to hydrolysis) is 1. The number of rotatable bonds is 7. The van der Waals surface area contributed by atoms with Gasteiger partial charge in [-0.15, -0.1) is 0 Å². The molecule has 29 heavy (non-hydrogen) atoms. The standard InChI is InChI=1S/C23H31FN2O2Si/c1-29(2,3)13-12-28-23(27)25-22-17-26(15-18-8-5-4-6-9-18)16-21(22)19-10-7-11-20(24)14-19/h4-11,14,21-22H,12-13,15-17H2,1-3H3,(H,25,27)/t21-,22+/m1/s1. The topological polar surface area (TPSA) is 41.6 Å². The van der Waals surface area contributed by atoms with Crippen LogP contribution < -0.4 is 5.32 Å². The lowest BCUT2D eigenvalue weighted by atomic mass is 9.94. The highest BCUT2D eigenvalue weighted by molar-refractivity contribution is 6.76. The van der Waals surface area contributed by atoms with Gasteiger partial charge in [0.15, 0.2) is 0 Å². The molecule has 1 heterocycles. The number of hydrogen-bond acceptors (Lipinski definition) is 3. The van der Waals surface area contributed by atoms with Crippen LogP contribution in [0.4, 0.5) is 9.18 Å². The van der Waals surface area contributed by atoms with Crippen LogP contribution in [0.25, 0.3) is 0 Å². The lowest BCUT2D eigenvalue weighted by Gasteiger charge is -2.21. The summed E-state index contributed by atoms with van der Waals surface area (Å²) in [5.41, 5.74) is 2.14. The Morgan fingerprint density at radius 2 is 1.90 bits per heavy atom. The number of nitrogens with one attached hydrogen (secondary N) is 1. The first-order valence-corrected chi connectivity index (χ1v) is 14.0. The summed E-state index contributed by atoms with van der Waals surface area (Å²) in [6.45, 7) is 9.49. The molecular weight excluding hydrogens is 383 g/mol. The van der Waals surface area contributed by atoms with Crippen LogP contribution in [0.5, 0.6) is 0 Å². The maximum Gasteiger partial charge on any atom is 0.407 e. The molecule has 156 valence electrons. The molecule has 1 fully saturated rings. The molecule has 1 N–H and O–H groups in total. The molecule has 0 aliphatic carbocycles. The fourth-order valence-electron chi connectivity index (χ4n) is 3.72. The number of nitrogens with zero attached hydrogens (tertiary/aromatic N) is 1. The van der Waals surface area contributed by atoms with Crippen LogP contribution in [0.1, 0.15) is 17.0 Å². The maximum atomic E-state index is 13.8. The SMILES string of the molecule is C[Si](C)(C)CCOC(=O)N[C@H]1CN(Cc2ccccc2)C[C@@H]1c1cccc(F)c1. The van der Waals surface area contributed by atoms with E-state index in [1.54, 1.807) is 12.1 Å². The molecule has 2 atom stereocenters. The quantitative estimate of drug-likeness (QED) is 0.658. The summed E-state index contributed by atoms with van der Waals surface area (Å²) in [6, 6.07) is 17.8. The molecule has 1 aliphatic rings. The lowest BCUT2D eigenvalue weighted by molar-refractivity contribution is 0.147. The van der Waals surface area contributed by atoms with Gasteiger partial charge in [-0.2, -0.15) is 0 Å². The molecule has 6 heteroatoms. The number of carbonyl (C=O) groups is 1. The summed E-state index contributed by atoms with van der Waals surface area (Å²) < 4.78 is 19.2. The smallest absolute Gasteiger partial charge is 0.407 e. The minimum Gasteiger partial charge on any atom is -0.450 e. The lowest BCUT2D eigenvalue weighted by Crippen LogP contribution is -2.40. The van der Waals surface area contributed by atoms with Crippen LogP contribution in [0, 0.1) is 5.82 Å². The van der Waals surface area contributed by atoms with Crippen LogP contribution in [0.3, 0.4) is 0 Å². The molecule has 0 unspecified atom stereocenters. The Morgan fingerprint density at radius 1 is 1.14 bits per heavy atom. The van der Waals surface area contributed by atoms with Crippen molar-refractivity contribution in [2.45, 2.75) is 44.2 Å². The van der Waals surface area contributed by atoms with Crippen LogP contribution in [-0.4, -0.2) is 44.8 Å². The number of likely N-dealkylation sites (tertiary alicyclic amines) is 1. The van der Waals surface area contributed by atoms with Crippen molar-refractivity contribution in [3.8, 4) is 0 Å². The normalized spacial score (nSPS) is 19.9. The van der Waals surface area contributed by atoms with Gasteiger partial charge in [-0.25, -0.2) is 9.18 Å². The minimum atomic E-state index is -1.25. The van der Waals surface area contributed by atoms with E-state index in [1.807, 2.05) is 24.3 Å². The predicted molar refractivity (Wildman–Crippen MR) is 117 cm³/mol. The summed E-state index contributed by atoms with van der Waals surface area (Å²) in [5, 5.41) is 3.04. The highest BCUT2D eigenvalue weighted by Gasteiger charge is 2.35. The minimum absolute atomic E-state index is 0.0268. The summed E-state index contributed by atoms with van der Waals surface area (Å²) >= 11 is 0. The molecule has 4 nitrogen and oxygen atoms in total. The van der Waals surface area contributed by atoms with Gasteiger partial charge in [0.05, 0.1) is 12.6 Å². The Bertz CT molecular complexity index is 810. The van der Waals surface area contributed by atoms with Crippen LogP contribution in [0.15, 0.2) is 54.6 Å². The molecule has 3 rings (SSSR count). The van der Waals surface area contributed by atoms with E-state index in [0.717, 1.165) is 24.7 Å². The third kappa shape index (κ3) is 6.68. The molecule has 0 aromatic heterocycles. The molecule has 1 aliphatic heterocycles. The van der Waals surface area contributed by atoms with Crippen LogP contribution in [-0.2, 0) is 11.3 Å². The monoisotopic (exact) mass is 414 g/mol. The number of benzene rings is 2. The molecule has 1 amide bonds. The number of halogens is 1. The molecule has 2 aromatic carbocycles. The van der Waals surface area contributed by atoms with E-state index >= 15 is 0 Å². The van der Waals surface area contributed by atoms with E-state index < -0.39 is 8.07 Å². The second kappa shape index (κ2) is 9.54. The fraction of sp³-hybridized carbons (Fsp3) is 0.435. The summed E-state index contributed by atoms with van der Waals surface area (Å²) in [7, 11) is -1.25. The number of carbonyl (C=O) groups excluding carboxylic acids is 1. The summed E-state index contributed by atoms with van der Waals surface area (Å²) in [5.74, 6) is -0.223. The molecule has 0 saturated carbocycles. The van der Waals surface area contributed by atoms with Crippen molar-refractivity contribution >= 4 is 14.2 Å². The van der Waals surface area contributed by atoms with Gasteiger partial charge >= 0.3 is 6.09 Å². The van der Waals surface area contributed by atoms with Gasteiger partial charge in [-0.05, 0) is 29.3 Å². The van der Waals surface area contributed by atoms with Gasteiger partial charge < -0.3 is 10.1 Å². The predicted octanol–water partition coefficient (Wildman–Crippen LogP) is 4.86. The Labute approximate surface area is 174 Å². The van der Waals surface area contributed by atoms with Crippen molar-refractivity contribution in [3.05, 3.63) is 71.5 Å². The van der Waals surface area contributed by atoms with Crippen molar-refractivity contribution in [2.24, 2.45) is 0 Å². The number of amides is 1. The Kier molecular flexibility index (Phi) is 7.08. The van der Waals surface area contributed by atoms with E-state index in [-0.39, 0.29) is 23.9 Å². The Hall–Kier alpha value is -2.18. The summed E-state index contributed by atoms with van der Waals surface area (Å²) in [4.78, 5) is 14.7. The highest BCUT2D eigenvalue weighted by atomic mass is 28.3. The van der Waals surface area contributed by atoms with Crippen molar-refractivity contribution in [1.29, 1.82) is 0 Å². The number of ether oxygens (including phenoxy) is 1. The Balaban J connectivity index is 1.66. The van der Waals surface area contributed by atoms with Crippen molar-refractivity contribution in [2.75, 3.05) is 19.7 Å². The second-order valence-corrected chi connectivity index (χ2v) is 14.7. The zero-order valence-electron chi connectivity index (χ0n) is 17.5. The first-order chi connectivity index (χ1) is 13.8. The van der Waals surface area contributed by atoms with Crippen molar-refractivity contribution in [1.82, 2.24) is 10.2 Å². The van der Waals surface area contributed by atoms with Gasteiger partial charge in [0.1, 0.15) is 5.82 Å². The highest BCUT2D eigenvalue weighted by Crippen LogP contribution is 2.29. The summed E-state index contributed by atoms with van der Waals surface area (Å²) in [6.07, 6.45) is -0.379. The van der Waals surface area contributed by atoms with E-state index in [0.29, 0.717) is 13.2 Å². The fourth-order valence-corrected chi connectivity index (χ4v) is 4.43. The van der Waals surface area contributed by atoms with E-state index in [2.05, 4.69) is 42.0 Å². The van der Waals surface area contributed by atoms with Gasteiger partial charge in [-0.3, -0.25) is 4.90 Å². The van der Waals surface area contributed by atoms with E-state index in [4.69, 9.17) is 4.74 Å². The number of hydrogen-bond donors (Lipinski definition) is 1. The van der Waals surface area contributed by atoms with Gasteiger partial charge in [0, 0.05) is 33.6 Å². The third-order valence-corrected chi connectivity index (χ3v) is 7.01. The molecule has 0 radical (unpaired) electrons. The van der Waals surface area contributed by atoms with Gasteiger partial charge in [0.2, 0.25) is 0 Å². The largest absolute Gasteiger partial charge is 0.450 e. The molecule has 2 aromatic rings. The maximum absolute atomic E-state index is 13.8. The average molecular weight is 415 g/mol. The van der Waals surface area contributed by atoms with E-state index in [9.17, 15) is 9.18 Å². The molecule has 0 bridgehead atoms. The second-order valence-electron chi connectivity index (χ2n) is 9.04. The first-order valence-electron chi connectivity index (χ1n) is 10.3. The van der Waals surface area contributed by atoms with E-state index in [1.165, 1.54) is 11.6 Å². The molecule has 0 spiro atoms. The average Bonchev–Trinajstić information content (AvgIpc) is 3.03.